The van der Waals surface area contributed by atoms with E-state index in [1.807, 2.05) is 65.0 Å². The highest BCUT2D eigenvalue weighted by Crippen LogP contribution is 2.43. The van der Waals surface area contributed by atoms with Crippen molar-refractivity contribution in [1.82, 2.24) is 0 Å². The Labute approximate surface area is 128 Å². The summed E-state index contributed by atoms with van der Waals surface area (Å²) in [6, 6.07) is 10.0. The molecule has 0 spiro atoms. The molecule has 0 N–H and O–H groups in total. The van der Waals surface area contributed by atoms with Gasteiger partial charge in [0.2, 0.25) is 0 Å². The van der Waals surface area contributed by atoms with Crippen LogP contribution in [0, 0.1) is 5.92 Å². The molecule has 1 fully saturated rings. The van der Waals surface area contributed by atoms with Gasteiger partial charge in [0.05, 0.1) is 11.2 Å². The van der Waals surface area contributed by atoms with Gasteiger partial charge >= 0.3 is 7.12 Å². The van der Waals surface area contributed by atoms with Gasteiger partial charge in [0.1, 0.15) is 5.78 Å². The number of benzene rings is 1. The van der Waals surface area contributed by atoms with Crippen molar-refractivity contribution in [3.05, 3.63) is 35.9 Å². The second-order valence-electron chi connectivity index (χ2n) is 6.96. The van der Waals surface area contributed by atoms with Gasteiger partial charge in [0.25, 0.3) is 0 Å². The Bertz CT molecular complexity index is 494. The molecule has 2 rings (SSSR count). The predicted octanol–water partition coefficient (Wildman–Crippen LogP) is 3.63. The number of hydrogen-bond acceptors (Lipinski definition) is 3. The average Bonchev–Trinajstić information content (AvgIpc) is 2.59. The van der Waals surface area contributed by atoms with Gasteiger partial charge < -0.3 is 9.31 Å². The minimum atomic E-state index is -0.406. The molecule has 0 saturated carbocycles. The summed E-state index contributed by atoms with van der Waals surface area (Å²) in [6.07, 6.45) is 0. The molecule has 0 aliphatic carbocycles. The second-order valence-corrected chi connectivity index (χ2v) is 6.96. The molecule has 114 valence electrons. The van der Waals surface area contributed by atoms with Crippen molar-refractivity contribution in [3.63, 3.8) is 0 Å². The fourth-order valence-electron chi connectivity index (χ4n) is 2.64. The SMILES string of the molecule is CC(=O)[C@H](C)[C@@H](B1OC(C)(C)C(C)(C)O1)c1ccccc1. The van der Waals surface area contributed by atoms with E-state index in [1.165, 1.54) is 0 Å². The van der Waals surface area contributed by atoms with Gasteiger partial charge in [-0.25, -0.2) is 0 Å². The molecule has 0 aromatic heterocycles. The summed E-state index contributed by atoms with van der Waals surface area (Å²) < 4.78 is 12.4. The lowest BCUT2D eigenvalue weighted by molar-refractivity contribution is -0.120. The lowest BCUT2D eigenvalue weighted by Gasteiger charge is -2.32. The van der Waals surface area contributed by atoms with E-state index in [1.54, 1.807) is 6.92 Å². The Kier molecular flexibility index (Phi) is 4.32. The maximum absolute atomic E-state index is 11.9. The van der Waals surface area contributed by atoms with Crippen molar-refractivity contribution in [2.75, 3.05) is 0 Å². The highest BCUT2D eigenvalue weighted by Gasteiger charge is 2.55. The van der Waals surface area contributed by atoms with Gasteiger partial charge in [-0.15, -0.1) is 0 Å². The first-order valence-corrected chi connectivity index (χ1v) is 7.57. The van der Waals surface area contributed by atoms with Crippen molar-refractivity contribution in [1.29, 1.82) is 0 Å². The van der Waals surface area contributed by atoms with E-state index in [4.69, 9.17) is 9.31 Å². The average molecular weight is 288 g/mol. The minimum absolute atomic E-state index is 0.0928. The summed E-state index contributed by atoms with van der Waals surface area (Å²) in [5, 5.41) is 0. The molecule has 1 heterocycles. The van der Waals surface area contributed by atoms with Crippen molar-refractivity contribution < 1.29 is 14.1 Å². The Balaban J connectivity index is 2.36. The molecule has 1 aliphatic heterocycles. The van der Waals surface area contributed by atoms with Crippen LogP contribution in [0.4, 0.5) is 0 Å². The molecule has 2 atom stereocenters. The smallest absolute Gasteiger partial charge is 0.403 e. The monoisotopic (exact) mass is 288 g/mol. The van der Waals surface area contributed by atoms with Gasteiger partial charge in [-0.2, -0.15) is 0 Å². The van der Waals surface area contributed by atoms with Crippen LogP contribution >= 0.6 is 0 Å². The molecule has 1 aromatic rings. The Hall–Kier alpha value is -1.13. The summed E-state index contributed by atoms with van der Waals surface area (Å²) in [4.78, 5) is 11.9. The summed E-state index contributed by atoms with van der Waals surface area (Å²) in [6.45, 7) is 11.7. The van der Waals surface area contributed by atoms with Gasteiger partial charge in [0.15, 0.2) is 0 Å². The van der Waals surface area contributed by atoms with Crippen LogP contribution in [0.2, 0.25) is 0 Å². The second kappa shape index (κ2) is 5.58. The number of rotatable bonds is 4. The quantitative estimate of drug-likeness (QED) is 0.794. The largest absolute Gasteiger partial charge is 0.466 e. The van der Waals surface area contributed by atoms with Gasteiger partial charge in [-0.3, -0.25) is 4.79 Å². The third-order valence-corrected chi connectivity index (χ3v) is 4.93. The molecule has 21 heavy (non-hydrogen) atoms. The third-order valence-electron chi connectivity index (χ3n) is 4.93. The van der Waals surface area contributed by atoms with Crippen LogP contribution in [0.25, 0.3) is 0 Å². The van der Waals surface area contributed by atoms with Gasteiger partial charge in [-0.1, -0.05) is 37.3 Å². The van der Waals surface area contributed by atoms with Crippen molar-refractivity contribution in [2.24, 2.45) is 5.92 Å². The Morgan fingerprint density at radius 2 is 1.52 bits per heavy atom. The molecule has 0 radical (unpaired) electrons. The molecule has 0 amide bonds. The topological polar surface area (TPSA) is 35.5 Å². The van der Waals surface area contributed by atoms with E-state index in [0.29, 0.717) is 0 Å². The highest BCUT2D eigenvalue weighted by molar-refractivity contribution is 6.48. The molecule has 3 nitrogen and oxygen atoms in total. The molecule has 1 saturated heterocycles. The zero-order valence-electron chi connectivity index (χ0n) is 13.8. The van der Waals surface area contributed by atoms with Crippen LogP contribution in [0.15, 0.2) is 30.3 Å². The molecule has 0 bridgehead atoms. The lowest BCUT2D eigenvalue weighted by atomic mass is 9.61. The number of carbonyl (C=O) groups excluding carboxylic acids is 1. The number of Topliss-reactive ketones (excluding diaryl/α,β-unsaturated/α-hetero) is 1. The van der Waals surface area contributed by atoms with Crippen LogP contribution in [0.1, 0.15) is 52.9 Å². The van der Waals surface area contributed by atoms with E-state index in [-0.39, 0.29) is 28.7 Å². The summed E-state index contributed by atoms with van der Waals surface area (Å²) >= 11 is 0. The zero-order valence-corrected chi connectivity index (χ0v) is 13.8. The predicted molar refractivity (Wildman–Crippen MR) is 85.1 cm³/mol. The first-order chi connectivity index (χ1) is 9.66. The highest BCUT2D eigenvalue weighted by atomic mass is 16.7. The first-order valence-electron chi connectivity index (χ1n) is 7.57. The molecule has 1 aliphatic rings. The molecule has 4 heteroatoms. The summed E-state index contributed by atoms with van der Waals surface area (Å²) in [5.41, 5.74) is 0.307. The number of ketones is 1. The maximum Gasteiger partial charge on any atom is 0.466 e. The Morgan fingerprint density at radius 1 is 1.05 bits per heavy atom. The van der Waals surface area contributed by atoms with Crippen LogP contribution in [0.5, 0.6) is 0 Å². The fraction of sp³-hybridized carbons (Fsp3) is 0.588. The van der Waals surface area contributed by atoms with E-state index in [9.17, 15) is 4.79 Å². The zero-order chi connectivity index (χ0) is 15.8. The van der Waals surface area contributed by atoms with Crippen LogP contribution in [-0.4, -0.2) is 24.1 Å². The van der Waals surface area contributed by atoms with E-state index in [0.717, 1.165) is 5.56 Å². The molecular formula is C17H25BO3. The van der Waals surface area contributed by atoms with E-state index >= 15 is 0 Å². The molecule has 0 unspecified atom stereocenters. The van der Waals surface area contributed by atoms with Gasteiger partial charge in [0, 0.05) is 11.7 Å². The third kappa shape index (κ3) is 3.07. The standard InChI is InChI=1S/C17H25BO3/c1-12(13(2)19)15(14-10-8-7-9-11-14)18-20-16(3,4)17(5,6)21-18/h7-12,15H,1-6H3/t12-,15+/m0/s1. The fourth-order valence-corrected chi connectivity index (χ4v) is 2.64. The van der Waals surface area contributed by atoms with Crippen molar-refractivity contribution in [2.45, 2.75) is 58.6 Å². The van der Waals surface area contributed by atoms with Gasteiger partial charge in [-0.05, 0) is 40.2 Å². The molecular weight excluding hydrogens is 263 g/mol. The van der Waals surface area contributed by atoms with E-state index in [2.05, 4.69) is 0 Å². The lowest BCUT2D eigenvalue weighted by Crippen LogP contribution is -2.41. The number of hydrogen-bond donors (Lipinski definition) is 0. The molecule has 1 aromatic carbocycles. The summed E-state index contributed by atoms with van der Waals surface area (Å²) in [7, 11) is -0.406. The normalized spacial score (nSPS) is 22.9. The first kappa shape index (κ1) is 16.2. The van der Waals surface area contributed by atoms with Crippen LogP contribution < -0.4 is 0 Å². The maximum atomic E-state index is 11.9. The van der Waals surface area contributed by atoms with Crippen molar-refractivity contribution >= 4 is 12.9 Å². The van der Waals surface area contributed by atoms with Crippen LogP contribution in [-0.2, 0) is 14.1 Å². The number of carbonyl (C=O) groups is 1. The van der Waals surface area contributed by atoms with Crippen molar-refractivity contribution in [3.8, 4) is 0 Å². The Morgan fingerprint density at radius 3 is 1.95 bits per heavy atom. The summed E-state index contributed by atoms with van der Waals surface area (Å²) in [5.74, 6) is -0.0922. The van der Waals surface area contributed by atoms with Crippen LogP contribution in [0.3, 0.4) is 0 Å². The van der Waals surface area contributed by atoms with E-state index < -0.39 is 7.12 Å². The minimum Gasteiger partial charge on any atom is -0.403 e.